The summed E-state index contributed by atoms with van der Waals surface area (Å²) in [6.45, 7) is 0. The minimum atomic E-state index is 0.593. The molecule has 12 rings (SSSR count). The summed E-state index contributed by atoms with van der Waals surface area (Å²) in [5.41, 5.74) is 7.74. The van der Waals surface area contributed by atoms with Gasteiger partial charge in [-0.05, 0) is 57.9 Å². The predicted octanol–water partition coefficient (Wildman–Crippen LogP) is 13.3. The summed E-state index contributed by atoms with van der Waals surface area (Å²) in [6.07, 6.45) is 0. The maximum atomic E-state index is 6.30. The quantitative estimate of drug-likeness (QED) is 0.182. The predicted molar refractivity (Wildman–Crippen MR) is 230 cm³/mol. The summed E-state index contributed by atoms with van der Waals surface area (Å²) in [7, 11) is 0. The fourth-order valence-corrected chi connectivity index (χ4v) is 8.62. The van der Waals surface area contributed by atoms with E-state index in [4.69, 9.17) is 19.4 Å². The topological polar surface area (TPSA) is 56.7 Å². The number of furan rings is 1. The van der Waals surface area contributed by atoms with Crippen LogP contribution in [0.3, 0.4) is 0 Å². The largest absolute Gasteiger partial charge is 0.456 e. The van der Waals surface area contributed by atoms with Gasteiger partial charge in [-0.3, -0.25) is 0 Å². The minimum absolute atomic E-state index is 0.593. The molecule has 0 radical (unpaired) electrons. The van der Waals surface area contributed by atoms with Crippen molar-refractivity contribution in [3.8, 4) is 39.9 Å². The van der Waals surface area contributed by atoms with E-state index < -0.39 is 0 Å². The van der Waals surface area contributed by atoms with Gasteiger partial charge in [-0.15, -0.1) is 0 Å². The first-order chi connectivity index (χ1) is 27.7. The fourth-order valence-electron chi connectivity index (χ4n) is 8.62. The van der Waals surface area contributed by atoms with Gasteiger partial charge >= 0.3 is 0 Å². The number of hydrogen-bond acceptors (Lipinski definition) is 4. The molecule has 0 unspecified atom stereocenters. The van der Waals surface area contributed by atoms with E-state index in [-0.39, 0.29) is 0 Å². The van der Waals surface area contributed by atoms with Gasteiger partial charge in [0.1, 0.15) is 11.2 Å². The van der Waals surface area contributed by atoms with E-state index in [0.717, 1.165) is 60.6 Å². The Hall–Kier alpha value is -7.63. The van der Waals surface area contributed by atoms with Crippen LogP contribution in [-0.4, -0.2) is 19.5 Å². The summed E-state index contributed by atoms with van der Waals surface area (Å²) in [6, 6.07) is 64.0. The summed E-state index contributed by atoms with van der Waals surface area (Å²) >= 11 is 0. The molecule has 0 amide bonds. The van der Waals surface area contributed by atoms with Crippen LogP contribution >= 0.6 is 0 Å². The van der Waals surface area contributed by atoms with Gasteiger partial charge in [0, 0.05) is 49.0 Å². The monoisotopic (exact) mass is 714 g/mol. The highest BCUT2D eigenvalue weighted by Gasteiger charge is 2.21. The van der Waals surface area contributed by atoms with Crippen molar-refractivity contribution in [2.24, 2.45) is 0 Å². The first kappa shape index (κ1) is 30.8. The molecule has 0 spiro atoms. The summed E-state index contributed by atoms with van der Waals surface area (Å²) in [5, 5.41) is 11.5. The van der Waals surface area contributed by atoms with Crippen molar-refractivity contribution >= 4 is 76.1 Å². The third-order valence-electron chi connectivity index (χ3n) is 11.2. The van der Waals surface area contributed by atoms with E-state index in [0.29, 0.717) is 17.5 Å². The maximum Gasteiger partial charge on any atom is 0.164 e. The standard InChI is InChI=1S/C51H30N4O/c1-2-14-32(15-3-1)49-52-50(54-51(53-49)41-22-12-24-46-47(41)40-21-10-11-23-45(40)56-46)36-27-35-18-7-8-19-37(35)43(30-36)55-44-29-34-17-5-4-16-33(34)28-42(44)39-26-25-31-13-6-9-20-38(31)48(39)55/h1-30H. The summed E-state index contributed by atoms with van der Waals surface area (Å²) < 4.78 is 8.77. The molecule has 0 aliphatic carbocycles. The van der Waals surface area contributed by atoms with Crippen LogP contribution in [0.1, 0.15) is 0 Å². The van der Waals surface area contributed by atoms with Crippen LogP contribution < -0.4 is 0 Å². The molecule has 56 heavy (non-hydrogen) atoms. The highest BCUT2D eigenvalue weighted by atomic mass is 16.3. The molecule has 3 aromatic heterocycles. The zero-order valence-corrected chi connectivity index (χ0v) is 30.0. The fraction of sp³-hybridized carbons (Fsp3) is 0. The number of rotatable bonds is 4. The van der Waals surface area contributed by atoms with Crippen LogP contribution in [0.4, 0.5) is 0 Å². The third kappa shape index (κ3) is 4.64. The lowest BCUT2D eigenvalue weighted by Crippen LogP contribution is -2.02. The number of hydrogen-bond donors (Lipinski definition) is 0. The highest BCUT2D eigenvalue weighted by molar-refractivity contribution is 6.21. The third-order valence-corrected chi connectivity index (χ3v) is 11.2. The molecule has 0 aliphatic rings. The molecule has 5 heteroatoms. The molecule has 5 nitrogen and oxygen atoms in total. The van der Waals surface area contributed by atoms with E-state index in [9.17, 15) is 0 Å². The van der Waals surface area contributed by atoms with Gasteiger partial charge in [0.25, 0.3) is 0 Å². The van der Waals surface area contributed by atoms with Crippen molar-refractivity contribution in [2.45, 2.75) is 0 Å². The Labute approximate surface area is 320 Å². The normalized spacial score (nSPS) is 11.9. The van der Waals surface area contributed by atoms with Gasteiger partial charge in [0.05, 0.1) is 16.7 Å². The zero-order chi connectivity index (χ0) is 36.7. The lowest BCUT2D eigenvalue weighted by Gasteiger charge is -2.16. The lowest BCUT2D eigenvalue weighted by atomic mass is 10.0. The van der Waals surface area contributed by atoms with Crippen LogP contribution in [-0.2, 0) is 0 Å². The van der Waals surface area contributed by atoms with E-state index in [1.807, 2.05) is 48.5 Å². The van der Waals surface area contributed by atoms with Crippen molar-refractivity contribution in [3.63, 3.8) is 0 Å². The maximum absolute atomic E-state index is 6.30. The van der Waals surface area contributed by atoms with Crippen LogP contribution in [0.25, 0.3) is 116 Å². The van der Waals surface area contributed by atoms with Gasteiger partial charge < -0.3 is 8.98 Å². The minimum Gasteiger partial charge on any atom is -0.456 e. The van der Waals surface area contributed by atoms with E-state index in [1.54, 1.807) is 0 Å². The van der Waals surface area contributed by atoms with E-state index in [1.165, 1.54) is 37.8 Å². The van der Waals surface area contributed by atoms with E-state index in [2.05, 4.69) is 138 Å². The Morgan fingerprint density at radius 3 is 1.86 bits per heavy atom. The lowest BCUT2D eigenvalue weighted by molar-refractivity contribution is 0.669. The second-order valence-corrected chi connectivity index (χ2v) is 14.4. The molecule has 0 aliphatic heterocycles. The SMILES string of the molecule is c1ccc(-c2nc(-c3cc(-n4c5cc6ccccc6cc5c5ccc6ccccc6c54)c4ccccc4c3)nc(-c3cccc4oc5ccccc5c34)n2)cc1. The van der Waals surface area contributed by atoms with Crippen LogP contribution in [0.5, 0.6) is 0 Å². The second-order valence-electron chi connectivity index (χ2n) is 14.4. The molecule has 0 fully saturated rings. The van der Waals surface area contributed by atoms with Crippen molar-refractivity contribution in [2.75, 3.05) is 0 Å². The van der Waals surface area contributed by atoms with Crippen molar-refractivity contribution in [1.82, 2.24) is 19.5 Å². The number of fused-ring (bicyclic) bond motifs is 10. The Bertz CT molecular complexity index is 3540. The molecule has 12 aromatic rings. The summed E-state index contributed by atoms with van der Waals surface area (Å²) in [5.74, 6) is 1.80. The van der Waals surface area contributed by atoms with Gasteiger partial charge in [-0.1, -0.05) is 146 Å². The summed E-state index contributed by atoms with van der Waals surface area (Å²) in [4.78, 5) is 15.7. The van der Waals surface area contributed by atoms with Gasteiger partial charge in [0.15, 0.2) is 17.5 Å². The first-order valence-corrected chi connectivity index (χ1v) is 18.9. The number of para-hydroxylation sites is 1. The molecule has 3 heterocycles. The van der Waals surface area contributed by atoms with Crippen LogP contribution in [0.2, 0.25) is 0 Å². The van der Waals surface area contributed by atoms with Crippen molar-refractivity contribution in [3.05, 3.63) is 182 Å². The zero-order valence-electron chi connectivity index (χ0n) is 30.0. The van der Waals surface area contributed by atoms with Gasteiger partial charge in [0.2, 0.25) is 0 Å². The molecule has 0 bridgehead atoms. The van der Waals surface area contributed by atoms with Gasteiger partial charge in [-0.25, -0.2) is 15.0 Å². The second kappa shape index (κ2) is 11.9. The van der Waals surface area contributed by atoms with Crippen LogP contribution in [0.15, 0.2) is 186 Å². The molecule has 260 valence electrons. The Morgan fingerprint density at radius 2 is 1.02 bits per heavy atom. The smallest absolute Gasteiger partial charge is 0.164 e. The Balaban J connectivity index is 1.18. The van der Waals surface area contributed by atoms with Gasteiger partial charge in [-0.2, -0.15) is 0 Å². The molecule has 0 saturated carbocycles. The average molecular weight is 715 g/mol. The Morgan fingerprint density at radius 1 is 0.375 bits per heavy atom. The number of benzene rings is 9. The molecular formula is C51H30N4O. The number of nitrogens with zero attached hydrogens (tertiary/aromatic N) is 4. The molecule has 0 atom stereocenters. The average Bonchev–Trinajstić information content (AvgIpc) is 3.81. The van der Waals surface area contributed by atoms with E-state index >= 15 is 0 Å². The molecular weight excluding hydrogens is 685 g/mol. The molecule has 0 N–H and O–H groups in total. The van der Waals surface area contributed by atoms with Crippen molar-refractivity contribution in [1.29, 1.82) is 0 Å². The number of aromatic nitrogens is 4. The van der Waals surface area contributed by atoms with Crippen LogP contribution in [0, 0.1) is 0 Å². The van der Waals surface area contributed by atoms with Crippen molar-refractivity contribution < 1.29 is 4.42 Å². The molecule has 0 saturated heterocycles. The molecule has 9 aromatic carbocycles. The first-order valence-electron chi connectivity index (χ1n) is 18.9. The highest BCUT2D eigenvalue weighted by Crippen LogP contribution is 2.42. The Kier molecular flexibility index (Phi) is 6.56.